The fraction of sp³-hybridized carbons (Fsp3) is 0.667. The molecule has 0 aromatic carbocycles. The number of rotatable bonds is 4. The Bertz CT molecular complexity index is 204. The van der Waals surface area contributed by atoms with E-state index in [2.05, 4.69) is 10.7 Å². The van der Waals surface area contributed by atoms with Crippen molar-refractivity contribution in [2.24, 2.45) is 5.92 Å². The molecule has 1 N–H and O–H groups in total. The summed E-state index contributed by atoms with van der Waals surface area (Å²) in [5, 5.41) is 8.26. The van der Waals surface area contributed by atoms with Gasteiger partial charge in [-0.25, -0.2) is 4.79 Å². The predicted molar refractivity (Wildman–Crippen MR) is 43.7 cm³/mol. The Morgan fingerprint density at radius 3 is 3.08 bits per heavy atom. The van der Waals surface area contributed by atoms with E-state index in [1.54, 1.807) is 0 Å². The molecule has 0 aromatic heterocycles. The number of hydrogen-bond donors (Lipinski definition) is 1. The zero-order valence-corrected chi connectivity index (χ0v) is 6.82. The average molecular weight is 168 g/mol. The zero-order chi connectivity index (χ0) is 8.97. The SMILES string of the molecule is C#CCCC[C@@H]1C[C@H]1OC(=O)O. The molecule has 1 fully saturated rings. The molecule has 0 amide bonds. The van der Waals surface area contributed by atoms with Gasteiger partial charge in [-0.1, -0.05) is 0 Å². The summed E-state index contributed by atoms with van der Waals surface area (Å²) in [7, 11) is 0. The lowest BCUT2D eigenvalue weighted by molar-refractivity contribution is 0.0800. The number of unbranched alkanes of at least 4 members (excludes halogenated alkanes) is 1. The van der Waals surface area contributed by atoms with Gasteiger partial charge in [-0.15, -0.1) is 12.3 Å². The molecule has 0 spiro atoms. The van der Waals surface area contributed by atoms with Crippen molar-refractivity contribution in [1.29, 1.82) is 0 Å². The van der Waals surface area contributed by atoms with Crippen LogP contribution in [0.3, 0.4) is 0 Å². The summed E-state index contributed by atoms with van der Waals surface area (Å²) in [5.41, 5.74) is 0. The minimum atomic E-state index is -1.17. The molecule has 0 unspecified atom stereocenters. The van der Waals surface area contributed by atoms with Crippen LogP contribution in [0, 0.1) is 18.3 Å². The molecule has 1 rings (SSSR count). The molecule has 1 aliphatic rings. The maximum absolute atomic E-state index is 10.1. The minimum Gasteiger partial charge on any atom is -0.450 e. The highest BCUT2D eigenvalue weighted by Gasteiger charge is 2.39. The number of hydrogen-bond acceptors (Lipinski definition) is 2. The van der Waals surface area contributed by atoms with Crippen LogP contribution in [0.4, 0.5) is 4.79 Å². The van der Waals surface area contributed by atoms with E-state index >= 15 is 0 Å². The van der Waals surface area contributed by atoms with E-state index < -0.39 is 6.16 Å². The molecule has 1 aliphatic carbocycles. The van der Waals surface area contributed by atoms with Gasteiger partial charge in [-0.05, 0) is 25.2 Å². The second kappa shape index (κ2) is 4.01. The van der Waals surface area contributed by atoms with Gasteiger partial charge in [-0.2, -0.15) is 0 Å². The van der Waals surface area contributed by atoms with Crippen LogP contribution in [-0.2, 0) is 4.74 Å². The first-order valence-electron chi connectivity index (χ1n) is 4.07. The lowest BCUT2D eigenvalue weighted by atomic mass is 10.2. The third-order valence-corrected chi connectivity index (χ3v) is 2.01. The summed E-state index contributed by atoms with van der Waals surface area (Å²) in [6.45, 7) is 0. The van der Waals surface area contributed by atoms with Gasteiger partial charge in [-0.3, -0.25) is 0 Å². The van der Waals surface area contributed by atoms with E-state index in [1.807, 2.05) is 0 Å². The molecule has 2 atom stereocenters. The van der Waals surface area contributed by atoms with Crippen LogP contribution in [0.25, 0.3) is 0 Å². The Morgan fingerprint density at radius 2 is 2.50 bits per heavy atom. The number of carboxylic acid groups (broad SMARTS) is 1. The molecule has 3 nitrogen and oxygen atoms in total. The maximum atomic E-state index is 10.1. The van der Waals surface area contributed by atoms with Crippen molar-refractivity contribution < 1.29 is 14.6 Å². The lowest BCUT2D eigenvalue weighted by Crippen LogP contribution is -2.03. The fourth-order valence-corrected chi connectivity index (χ4v) is 1.26. The first kappa shape index (κ1) is 8.92. The highest BCUT2D eigenvalue weighted by Crippen LogP contribution is 2.37. The summed E-state index contributed by atoms with van der Waals surface area (Å²) in [6.07, 6.45) is 7.46. The standard InChI is InChI=1S/C9H12O3/c1-2-3-4-5-7-6-8(7)12-9(10)11/h1,7-8H,3-6H2,(H,10,11)/t7-,8-/m1/s1. The number of carbonyl (C=O) groups is 1. The van der Waals surface area contributed by atoms with Crippen LogP contribution in [0.15, 0.2) is 0 Å². The highest BCUT2D eigenvalue weighted by molar-refractivity contribution is 5.57. The molecule has 12 heavy (non-hydrogen) atoms. The third-order valence-electron chi connectivity index (χ3n) is 2.01. The molecule has 66 valence electrons. The third kappa shape index (κ3) is 2.83. The topological polar surface area (TPSA) is 46.5 Å². The van der Waals surface area contributed by atoms with E-state index in [0.29, 0.717) is 5.92 Å². The van der Waals surface area contributed by atoms with Crippen LogP contribution >= 0.6 is 0 Å². The zero-order valence-electron chi connectivity index (χ0n) is 6.82. The van der Waals surface area contributed by atoms with Crippen molar-refractivity contribution in [2.75, 3.05) is 0 Å². The van der Waals surface area contributed by atoms with Crippen LogP contribution in [-0.4, -0.2) is 17.4 Å². The molecular formula is C9H12O3. The van der Waals surface area contributed by atoms with Crippen LogP contribution in [0.5, 0.6) is 0 Å². The molecule has 0 heterocycles. The van der Waals surface area contributed by atoms with Gasteiger partial charge in [0.2, 0.25) is 0 Å². The molecule has 3 heteroatoms. The molecule has 1 saturated carbocycles. The van der Waals surface area contributed by atoms with Gasteiger partial charge in [0, 0.05) is 6.42 Å². The van der Waals surface area contributed by atoms with E-state index in [1.165, 1.54) is 0 Å². The van der Waals surface area contributed by atoms with Crippen LogP contribution < -0.4 is 0 Å². The summed E-state index contributed by atoms with van der Waals surface area (Å²) in [5.74, 6) is 2.97. The van der Waals surface area contributed by atoms with Crippen molar-refractivity contribution in [3.63, 3.8) is 0 Å². The van der Waals surface area contributed by atoms with Crippen molar-refractivity contribution >= 4 is 6.16 Å². The van der Waals surface area contributed by atoms with Gasteiger partial charge in [0.15, 0.2) is 0 Å². The van der Waals surface area contributed by atoms with Crippen molar-refractivity contribution in [3.05, 3.63) is 0 Å². The summed E-state index contributed by atoms with van der Waals surface area (Å²) < 4.78 is 4.57. The summed E-state index contributed by atoms with van der Waals surface area (Å²) in [6, 6.07) is 0. The molecule has 0 radical (unpaired) electrons. The molecule has 0 saturated heterocycles. The fourth-order valence-electron chi connectivity index (χ4n) is 1.26. The van der Waals surface area contributed by atoms with Crippen LogP contribution in [0.1, 0.15) is 25.7 Å². The minimum absolute atomic E-state index is 0.0553. The van der Waals surface area contributed by atoms with E-state index in [9.17, 15) is 4.79 Å². The number of terminal acetylenes is 1. The van der Waals surface area contributed by atoms with E-state index in [-0.39, 0.29) is 6.10 Å². The smallest absolute Gasteiger partial charge is 0.450 e. The van der Waals surface area contributed by atoms with Crippen molar-refractivity contribution in [1.82, 2.24) is 0 Å². The molecule has 0 aromatic rings. The van der Waals surface area contributed by atoms with Gasteiger partial charge in [0.1, 0.15) is 6.10 Å². The normalized spacial score (nSPS) is 25.9. The Morgan fingerprint density at radius 1 is 1.75 bits per heavy atom. The van der Waals surface area contributed by atoms with Gasteiger partial charge in [0.05, 0.1) is 0 Å². The monoisotopic (exact) mass is 168 g/mol. The Balaban J connectivity index is 2.01. The summed E-state index contributed by atoms with van der Waals surface area (Å²) in [4.78, 5) is 10.1. The molecule has 0 aliphatic heterocycles. The first-order valence-corrected chi connectivity index (χ1v) is 4.07. The molecular weight excluding hydrogens is 156 g/mol. The highest BCUT2D eigenvalue weighted by atomic mass is 16.7. The summed E-state index contributed by atoms with van der Waals surface area (Å²) >= 11 is 0. The van der Waals surface area contributed by atoms with E-state index in [0.717, 1.165) is 25.7 Å². The Kier molecular flexibility index (Phi) is 2.98. The average Bonchev–Trinajstić information content (AvgIpc) is 2.67. The van der Waals surface area contributed by atoms with E-state index in [4.69, 9.17) is 11.5 Å². The second-order valence-electron chi connectivity index (χ2n) is 3.01. The molecule has 0 bridgehead atoms. The van der Waals surface area contributed by atoms with Gasteiger partial charge >= 0.3 is 6.16 Å². The lowest BCUT2D eigenvalue weighted by Gasteiger charge is -1.97. The largest absolute Gasteiger partial charge is 0.506 e. The maximum Gasteiger partial charge on any atom is 0.506 e. The van der Waals surface area contributed by atoms with Crippen molar-refractivity contribution in [2.45, 2.75) is 31.8 Å². The van der Waals surface area contributed by atoms with Gasteiger partial charge in [0.25, 0.3) is 0 Å². The Hall–Kier alpha value is -1.17. The van der Waals surface area contributed by atoms with Gasteiger partial charge < -0.3 is 9.84 Å². The Labute approximate surface area is 71.7 Å². The number of ether oxygens (including phenoxy) is 1. The van der Waals surface area contributed by atoms with Crippen LogP contribution in [0.2, 0.25) is 0 Å². The quantitative estimate of drug-likeness (QED) is 0.396. The van der Waals surface area contributed by atoms with Crippen molar-refractivity contribution in [3.8, 4) is 12.3 Å². The first-order chi connectivity index (χ1) is 5.74. The predicted octanol–water partition coefficient (Wildman–Crippen LogP) is 1.87. The second-order valence-corrected chi connectivity index (χ2v) is 3.01.